The average molecular weight is 737 g/mol. The van der Waals surface area contributed by atoms with Crippen LogP contribution < -0.4 is 16.4 Å². The molecule has 0 unspecified atom stereocenters. The van der Waals surface area contributed by atoms with Gasteiger partial charge in [0, 0.05) is 42.2 Å². The minimum Gasteiger partial charge on any atom is -0.344 e. The Labute approximate surface area is 304 Å². The number of aromatic nitrogens is 4. The van der Waals surface area contributed by atoms with Gasteiger partial charge in [0.05, 0.1) is 11.5 Å². The number of benzene rings is 3. The van der Waals surface area contributed by atoms with Gasteiger partial charge in [0.1, 0.15) is 6.04 Å². The number of carbonyl (C=O) groups excluding carboxylic acids is 3. The lowest BCUT2D eigenvalue weighted by molar-refractivity contribution is -0.130. The highest BCUT2D eigenvalue weighted by molar-refractivity contribution is 8.24. The standard InChI is InChI=1S/C36H44N8O5S.ClH/c1-23-20-29(36(47)44-16-18-50(48,49)19-17-44)12-15-31(23)26-6-2-24(3-7-26)21-32(39-34(45)28-8-4-25(22-37)5-9-28)35(46)38-30-13-10-27(11-14-30)33-40-42-43-41-33;/h2-3,6-7,10-15,20,25,28,32,48-49H,4-5,8-9,16-19,21-22,37H2,1H3,(H,38,46)(H,39,45)(H,40,41,42,43);1H/t25?,28?,32-;/m0./s1. The number of hydrogen-bond donors (Lipinski definition) is 6. The minimum atomic E-state index is -2.58. The highest BCUT2D eigenvalue weighted by Gasteiger charge is 2.30. The monoisotopic (exact) mass is 736 g/mol. The van der Waals surface area contributed by atoms with Crippen LogP contribution in [0.15, 0.2) is 66.7 Å². The number of carbonyl (C=O) groups is 3. The first kappa shape index (κ1) is 37.9. The number of aryl methyl sites for hydroxylation is 1. The summed E-state index contributed by atoms with van der Waals surface area (Å²) in [6, 6.07) is 19.8. The fraction of sp³-hybridized carbons (Fsp3) is 0.389. The summed E-state index contributed by atoms with van der Waals surface area (Å²) in [5, 5.41) is 20.0. The summed E-state index contributed by atoms with van der Waals surface area (Å²) >= 11 is 0. The van der Waals surface area contributed by atoms with E-state index in [1.54, 1.807) is 35.2 Å². The Morgan fingerprint density at radius 3 is 2.24 bits per heavy atom. The van der Waals surface area contributed by atoms with Crippen molar-refractivity contribution in [3.63, 3.8) is 0 Å². The van der Waals surface area contributed by atoms with Crippen LogP contribution in [0.5, 0.6) is 0 Å². The highest BCUT2D eigenvalue weighted by Crippen LogP contribution is 2.40. The number of tetrazole rings is 1. The quantitative estimate of drug-likeness (QED) is 0.131. The molecule has 2 fully saturated rings. The molecule has 3 amide bonds. The van der Waals surface area contributed by atoms with Crippen LogP contribution in [0.2, 0.25) is 0 Å². The van der Waals surface area contributed by atoms with E-state index < -0.39 is 16.6 Å². The lowest BCUT2D eigenvalue weighted by Crippen LogP contribution is -2.48. The lowest BCUT2D eigenvalue weighted by atomic mass is 9.81. The Bertz CT molecular complexity index is 1790. The van der Waals surface area contributed by atoms with Gasteiger partial charge in [-0.1, -0.05) is 30.3 Å². The molecule has 51 heavy (non-hydrogen) atoms. The number of rotatable bonds is 10. The molecule has 2 heterocycles. The fourth-order valence-electron chi connectivity index (χ4n) is 6.66. The van der Waals surface area contributed by atoms with Gasteiger partial charge in [-0.2, -0.15) is 15.8 Å². The van der Waals surface area contributed by atoms with Crippen LogP contribution in [0.4, 0.5) is 5.69 Å². The molecule has 0 radical (unpaired) electrons. The second kappa shape index (κ2) is 16.8. The molecule has 7 N–H and O–H groups in total. The van der Waals surface area contributed by atoms with Crippen molar-refractivity contribution in [2.45, 2.75) is 45.1 Å². The number of aromatic amines is 1. The Kier molecular flexibility index (Phi) is 12.5. The normalized spacial score (nSPS) is 19.6. The third-order valence-electron chi connectivity index (χ3n) is 9.78. The molecule has 4 aromatic rings. The van der Waals surface area contributed by atoms with Crippen LogP contribution >= 0.6 is 23.0 Å². The third-order valence-corrected chi connectivity index (χ3v) is 11.5. The molecule has 1 saturated heterocycles. The van der Waals surface area contributed by atoms with Crippen molar-refractivity contribution in [1.82, 2.24) is 30.8 Å². The van der Waals surface area contributed by atoms with E-state index >= 15 is 0 Å². The van der Waals surface area contributed by atoms with Gasteiger partial charge in [-0.3, -0.25) is 23.5 Å². The first-order valence-corrected chi connectivity index (χ1v) is 18.8. The van der Waals surface area contributed by atoms with Crippen LogP contribution in [0.1, 0.15) is 47.2 Å². The van der Waals surface area contributed by atoms with Crippen LogP contribution in [0.25, 0.3) is 22.5 Å². The van der Waals surface area contributed by atoms with Crippen molar-refractivity contribution >= 4 is 46.4 Å². The van der Waals surface area contributed by atoms with Gasteiger partial charge in [-0.25, -0.2) is 0 Å². The molecule has 13 nitrogen and oxygen atoms in total. The number of amides is 3. The van der Waals surface area contributed by atoms with E-state index in [1.165, 1.54) is 0 Å². The lowest BCUT2D eigenvalue weighted by Gasteiger charge is -2.41. The van der Waals surface area contributed by atoms with Gasteiger partial charge in [-0.05, 0) is 109 Å². The molecule has 3 aromatic carbocycles. The molecule has 1 atom stereocenters. The van der Waals surface area contributed by atoms with Gasteiger partial charge >= 0.3 is 0 Å². The van der Waals surface area contributed by atoms with Crippen molar-refractivity contribution in [2.24, 2.45) is 17.6 Å². The van der Waals surface area contributed by atoms with E-state index in [2.05, 4.69) is 31.3 Å². The Morgan fingerprint density at radius 1 is 0.961 bits per heavy atom. The Balaban J connectivity index is 0.00000504. The molecule has 0 spiro atoms. The van der Waals surface area contributed by atoms with Crippen LogP contribution in [-0.2, 0) is 16.0 Å². The Morgan fingerprint density at radius 2 is 1.63 bits per heavy atom. The first-order valence-electron chi connectivity index (χ1n) is 17.0. The van der Waals surface area contributed by atoms with Gasteiger partial charge in [0.15, 0.2) is 0 Å². The van der Waals surface area contributed by atoms with Gasteiger partial charge in [0.25, 0.3) is 5.91 Å². The number of hydrogen-bond acceptors (Lipinski definition) is 9. The summed E-state index contributed by atoms with van der Waals surface area (Å²) in [6.45, 7) is 3.23. The molecular weight excluding hydrogens is 692 g/mol. The van der Waals surface area contributed by atoms with Crippen molar-refractivity contribution in [2.75, 3.05) is 36.5 Å². The molecule has 15 heteroatoms. The Hall–Kier alpha value is -4.34. The third kappa shape index (κ3) is 9.51. The molecule has 2 aliphatic rings. The maximum Gasteiger partial charge on any atom is 0.253 e. The molecule has 1 aromatic heterocycles. The van der Waals surface area contributed by atoms with E-state index in [-0.39, 0.29) is 47.6 Å². The smallest absolute Gasteiger partial charge is 0.253 e. The van der Waals surface area contributed by atoms with E-state index in [0.29, 0.717) is 49.0 Å². The zero-order chi connectivity index (χ0) is 35.3. The van der Waals surface area contributed by atoms with Gasteiger partial charge in [-0.15, -0.1) is 22.6 Å². The number of nitrogens with two attached hydrogens (primary N) is 1. The van der Waals surface area contributed by atoms with Gasteiger partial charge in [0.2, 0.25) is 17.6 Å². The largest absolute Gasteiger partial charge is 0.344 e. The zero-order valence-corrected chi connectivity index (χ0v) is 30.1. The molecule has 1 aliphatic heterocycles. The van der Waals surface area contributed by atoms with Crippen LogP contribution in [0, 0.1) is 18.8 Å². The first-order chi connectivity index (χ1) is 24.1. The summed E-state index contributed by atoms with van der Waals surface area (Å²) in [5.41, 5.74) is 11.5. The maximum absolute atomic E-state index is 13.7. The number of nitrogens with one attached hydrogen (secondary N) is 3. The second-order valence-corrected chi connectivity index (χ2v) is 15.7. The highest BCUT2D eigenvalue weighted by atomic mass is 35.5. The molecule has 1 aliphatic carbocycles. The fourth-order valence-corrected chi connectivity index (χ4v) is 7.89. The predicted octanol–water partition coefficient (Wildman–Crippen LogP) is 4.90. The second-order valence-electron chi connectivity index (χ2n) is 13.2. The SMILES string of the molecule is Cc1cc(C(=O)N2CCS(O)(O)CC2)ccc1-c1ccc(C[C@H](NC(=O)C2CCC(CN)CC2)C(=O)Nc2ccc(-c3nn[nH]n3)cc2)cc1.Cl. The molecular formula is C36H45ClN8O5S. The van der Waals surface area contributed by atoms with Crippen molar-refractivity contribution in [1.29, 1.82) is 0 Å². The molecule has 0 bridgehead atoms. The average Bonchev–Trinajstić information content (AvgIpc) is 3.67. The van der Waals surface area contributed by atoms with E-state index in [4.69, 9.17) is 5.73 Å². The summed E-state index contributed by atoms with van der Waals surface area (Å²) in [7, 11) is -2.58. The zero-order valence-electron chi connectivity index (χ0n) is 28.5. The van der Waals surface area contributed by atoms with E-state index in [1.807, 2.05) is 43.3 Å². The number of H-pyrrole nitrogens is 1. The molecule has 272 valence electrons. The molecule has 1 saturated carbocycles. The summed E-state index contributed by atoms with van der Waals surface area (Å²) in [6.07, 6.45) is 3.61. The number of nitrogens with zero attached hydrogens (tertiary/aromatic N) is 4. The van der Waals surface area contributed by atoms with Crippen molar-refractivity contribution in [3.8, 4) is 22.5 Å². The van der Waals surface area contributed by atoms with Crippen LogP contribution in [0.3, 0.4) is 0 Å². The van der Waals surface area contributed by atoms with Gasteiger partial charge < -0.3 is 21.3 Å². The van der Waals surface area contributed by atoms with E-state index in [9.17, 15) is 23.5 Å². The minimum absolute atomic E-state index is 0. The van der Waals surface area contributed by atoms with Crippen molar-refractivity contribution in [3.05, 3.63) is 83.4 Å². The number of anilines is 1. The topological polar surface area (TPSA) is 199 Å². The summed E-state index contributed by atoms with van der Waals surface area (Å²) in [4.78, 5) is 41.9. The van der Waals surface area contributed by atoms with E-state index in [0.717, 1.165) is 53.5 Å². The predicted molar refractivity (Wildman–Crippen MR) is 201 cm³/mol. The maximum atomic E-state index is 13.7. The van der Waals surface area contributed by atoms with Crippen molar-refractivity contribution < 1.29 is 23.5 Å². The van der Waals surface area contributed by atoms with Crippen LogP contribution in [-0.4, -0.2) is 89.5 Å². The molecule has 6 rings (SSSR count). The number of halogens is 1. The summed E-state index contributed by atoms with van der Waals surface area (Å²) in [5.74, 6) is 0.588. The summed E-state index contributed by atoms with van der Waals surface area (Å²) < 4.78 is 19.8.